The number of aliphatic hydroxyl groups excluding tert-OH is 1. The van der Waals surface area contributed by atoms with Crippen LogP contribution in [0.2, 0.25) is 0 Å². The molecule has 0 aromatic heterocycles. The second kappa shape index (κ2) is 4.94. The van der Waals surface area contributed by atoms with Gasteiger partial charge < -0.3 is 10.0 Å². The van der Waals surface area contributed by atoms with Crippen molar-refractivity contribution in [1.82, 2.24) is 4.90 Å². The Morgan fingerprint density at radius 1 is 1.22 bits per heavy atom. The second-order valence-corrected chi connectivity index (χ2v) is 4.03. The molecule has 0 aromatic rings. The number of alkyl halides is 6. The molecule has 9 heteroatoms. The van der Waals surface area contributed by atoms with E-state index in [0.717, 1.165) is 0 Å². The molecular formula is C9H11F6NO2. The van der Waals surface area contributed by atoms with Gasteiger partial charge in [-0.05, 0) is 12.8 Å². The van der Waals surface area contributed by atoms with Gasteiger partial charge in [-0.15, -0.1) is 0 Å². The van der Waals surface area contributed by atoms with E-state index in [1.54, 1.807) is 0 Å². The van der Waals surface area contributed by atoms with Gasteiger partial charge >= 0.3 is 12.4 Å². The van der Waals surface area contributed by atoms with E-state index in [4.69, 9.17) is 5.11 Å². The fraction of sp³-hybridized carbons (Fsp3) is 0.889. The van der Waals surface area contributed by atoms with E-state index in [2.05, 4.69) is 0 Å². The van der Waals surface area contributed by atoms with Crippen LogP contribution in [0.1, 0.15) is 12.8 Å². The quantitative estimate of drug-likeness (QED) is 0.782. The first-order valence-corrected chi connectivity index (χ1v) is 5.13. The first kappa shape index (κ1) is 15.1. The van der Waals surface area contributed by atoms with Crippen molar-refractivity contribution < 1.29 is 36.2 Å². The number of likely N-dealkylation sites (tertiary alicyclic amines) is 1. The van der Waals surface area contributed by atoms with Gasteiger partial charge in [0.05, 0.1) is 12.6 Å². The highest BCUT2D eigenvalue weighted by Gasteiger charge is 2.62. The first-order chi connectivity index (χ1) is 8.09. The number of hydrogen-bond acceptors (Lipinski definition) is 2. The van der Waals surface area contributed by atoms with Gasteiger partial charge in [0.2, 0.25) is 11.8 Å². The Labute approximate surface area is 98.4 Å². The molecule has 3 nitrogen and oxygen atoms in total. The zero-order chi connectivity index (χ0) is 14.1. The third-order valence-electron chi connectivity index (χ3n) is 2.77. The molecule has 18 heavy (non-hydrogen) atoms. The van der Waals surface area contributed by atoms with Crippen LogP contribution in [0.25, 0.3) is 0 Å². The molecule has 1 fully saturated rings. The zero-order valence-electron chi connectivity index (χ0n) is 9.05. The molecule has 0 radical (unpaired) electrons. The third-order valence-corrected chi connectivity index (χ3v) is 2.77. The van der Waals surface area contributed by atoms with Gasteiger partial charge in [-0.1, -0.05) is 0 Å². The second-order valence-electron chi connectivity index (χ2n) is 4.03. The maximum absolute atomic E-state index is 12.3. The average molecular weight is 279 g/mol. The van der Waals surface area contributed by atoms with Gasteiger partial charge in [0.25, 0.3) is 0 Å². The SMILES string of the molecule is O=C(C(C(F)(F)F)C(F)(F)F)N1CCC[C@H]1CO. The van der Waals surface area contributed by atoms with Crippen molar-refractivity contribution in [2.75, 3.05) is 13.2 Å². The van der Waals surface area contributed by atoms with Gasteiger partial charge in [-0.3, -0.25) is 4.79 Å². The van der Waals surface area contributed by atoms with Gasteiger partial charge in [0.1, 0.15) is 0 Å². The molecule has 0 unspecified atom stereocenters. The van der Waals surface area contributed by atoms with Gasteiger partial charge in [0.15, 0.2) is 0 Å². The van der Waals surface area contributed by atoms with Crippen LogP contribution in [0, 0.1) is 5.92 Å². The summed E-state index contributed by atoms with van der Waals surface area (Å²) in [6, 6.07) is -0.968. The molecule has 1 aliphatic rings. The molecule has 1 amide bonds. The summed E-state index contributed by atoms with van der Waals surface area (Å²) in [5, 5.41) is 8.82. The molecule has 0 saturated carbocycles. The third kappa shape index (κ3) is 3.06. The summed E-state index contributed by atoms with van der Waals surface area (Å²) in [6.07, 6.45) is -10.9. The lowest BCUT2D eigenvalue weighted by Crippen LogP contribution is -2.51. The Hall–Kier alpha value is -0.990. The molecular weight excluding hydrogens is 268 g/mol. The van der Waals surface area contributed by atoms with E-state index in [-0.39, 0.29) is 19.4 Å². The number of hydrogen-bond donors (Lipinski definition) is 1. The maximum atomic E-state index is 12.3. The maximum Gasteiger partial charge on any atom is 0.409 e. The normalized spacial score (nSPS) is 21.8. The minimum Gasteiger partial charge on any atom is -0.394 e. The van der Waals surface area contributed by atoms with E-state index >= 15 is 0 Å². The van der Waals surface area contributed by atoms with E-state index < -0.39 is 36.8 Å². The summed E-state index contributed by atoms with van der Waals surface area (Å²) in [5.74, 6) is -6.05. The van der Waals surface area contributed by atoms with Crippen LogP contribution < -0.4 is 0 Å². The Morgan fingerprint density at radius 2 is 1.72 bits per heavy atom. The molecule has 0 aromatic carbocycles. The standard InChI is InChI=1S/C9H11F6NO2/c10-8(11,12)6(9(13,14)15)7(18)16-3-1-2-5(16)4-17/h5-6,17H,1-4H2/t5-/m0/s1. The summed E-state index contributed by atoms with van der Waals surface area (Å²) in [6.45, 7) is -0.846. The van der Waals surface area contributed by atoms with Crippen molar-refractivity contribution in [3.63, 3.8) is 0 Å². The van der Waals surface area contributed by atoms with E-state index in [1.165, 1.54) is 0 Å². The highest BCUT2D eigenvalue weighted by molar-refractivity contribution is 5.81. The fourth-order valence-corrected chi connectivity index (χ4v) is 1.95. The van der Waals surface area contributed by atoms with E-state index in [1.807, 2.05) is 0 Å². The molecule has 1 N–H and O–H groups in total. The van der Waals surface area contributed by atoms with Crippen molar-refractivity contribution in [2.45, 2.75) is 31.2 Å². The van der Waals surface area contributed by atoms with Crippen LogP contribution in [0.4, 0.5) is 26.3 Å². The predicted molar refractivity (Wildman–Crippen MR) is 47.4 cm³/mol. The zero-order valence-corrected chi connectivity index (χ0v) is 9.05. The highest BCUT2D eigenvalue weighted by Crippen LogP contribution is 2.41. The van der Waals surface area contributed by atoms with Crippen LogP contribution in [-0.4, -0.2) is 47.5 Å². The summed E-state index contributed by atoms with van der Waals surface area (Å²) >= 11 is 0. The predicted octanol–water partition coefficient (Wildman–Crippen LogP) is 1.71. The lowest BCUT2D eigenvalue weighted by Gasteiger charge is -2.29. The molecule has 0 aliphatic carbocycles. The number of halogens is 6. The Bertz CT molecular complexity index is 299. The number of aliphatic hydroxyl groups is 1. The monoisotopic (exact) mass is 279 g/mol. The lowest BCUT2D eigenvalue weighted by molar-refractivity contribution is -0.277. The Morgan fingerprint density at radius 3 is 2.11 bits per heavy atom. The fourth-order valence-electron chi connectivity index (χ4n) is 1.95. The number of amides is 1. The van der Waals surface area contributed by atoms with E-state index in [9.17, 15) is 31.1 Å². The largest absolute Gasteiger partial charge is 0.409 e. The van der Waals surface area contributed by atoms with Crippen molar-refractivity contribution in [3.8, 4) is 0 Å². The smallest absolute Gasteiger partial charge is 0.394 e. The van der Waals surface area contributed by atoms with Crippen molar-refractivity contribution in [3.05, 3.63) is 0 Å². The summed E-state index contributed by atoms with van der Waals surface area (Å²) in [4.78, 5) is 11.8. The van der Waals surface area contributed by atoms with Crippen molar-refractivity contribution in [2.24, 2.45) is 5.92 Å². The van der Waals surface area contributed by atoms with Crippen LogP contribution in [0.5, 0.6) is 0 Å². The van der Waals surface area contributed by atoms with Crippen LogP contribution in [0.15, 0.2) is 0 Å². The minimum atomic E-state index is -5.68. The molecule has 0 spiro atoms. The van der Waals surface area contributed by atoms with E-state index in [0.29, 0.717) is 4.90 Å². The number of carbonyl (C=O) groups is 1. The Kier molecular flexibility index (Phi) is 4.14. The highest BCUT2D eigenvalue weighted by atomic mass is 19.4. The van der Waals surface area contributed by atoms with Crippen molar-refractivity contribution >= 4 is 5.91 Å². The average Bonchev–Trinajstić information content (AvgIpc) is 2.59. The number of carbonyl (C=O) groups excluding carboxylic acids is 1. The number of nitrogens with zero attached hydrogens (tertiary/aromatic N) is 1. The van der Waals surface area contributed by atoms with Crippen LogP contribution in [0.3, 0.4) is 0 Å². The lowest BCUT2D eigenvalue weighted by atomic mass is 10.1. The summed E-state index contributed by atoms with van der Waals surface area (Å²) in [5.41, 5.74) is 0. The van der Waals surface area contributed by atoms with Crippen LogP contribution >= 0.6 is 0 Å². The van der Waals surface area contributed by atoms with Gasteiger partial charge in [0, 0.05) is 6.54 Å². The van der Waals surface area contributed by atoms with Crippen molar-refractivity contribution in [1.29, 1.82) is 0 Å². The summed E-state index contributed by atoms with van der Waals surface area (Å²) < 4.78 is 73.9. The van der Waals surface area contributed by atoms with Crippen LogP contribution in [-0.2, 0) is 4.79 Å². The topological polar surface area (TPSA) is 40.5 Å². The summed E-state index contributed by atoms with van der Waals surface area (Å²) in [7, 11) is 0. The molecule has 1 saturated heterocycles. The molecule has 1 aliphatic heterocycles. The minimum absolute atomic E-state index is 0.199. The molecule has 106 valence electrons. The van der Waals surface area contributed by atoms with Gasteiger partial charge in [-0.25, -0.2) is 0 Å². The Balaban J connectivity index is 2.97. The van der Waals surface area contributed by atoms with Gasteiger partial charge in [-0.2, -0.15) is 26.3 Å². The molecule has 0 bridgehead atoms. The number of rotatable bonds is 2. The molecule has 1 rings (SSSR count). The molecule has 1 heterocycles. The molecule has 1 atom stereocenters. The first-order valence-electron chi connectivity index (χ1n) is 5.13.